The first-order valence-corrected chi connectivity index (χ1v) is 11.7. The second-order valence-corrected chi connectivity index (χ2v) is 8.67. The molecule has 158 valence electrons. The minimum absolute atomic E-state index is 0.542. The molecule has 1 atom stereocenters. The Morgan fingerprint density at radius 2 is 1.67 bits per heavy atom. The summed E-state index contributed by atoms with van der Waals surface area (Å²) in [5.41, 5.74) is 3.94. The fourth-order valence-corrected chi connectivity index (χ4v) is 4.59. The van der Waals surface area contributed by atoms with Gasteiger partial charge in [-0.05, 0) is 55.6 Å². The number of rotatable bonds is 6. The first-order valence-electron chi connectivity index (χ1n) is 11.7. The second-order valence-electron chi connectivity index (χ2n) is 8.67. The van der Waals surface area contributed by atoms with Crippen LogP contribution in [0.1, 0.15) is 42.4 Å². The summed E-state index contributed by atoms with van der Waals surface area (Å²) in [5.74, 6) is 6.73. The maximum absolute atomic E-state index is 3.58. The van der Waals surface area contributed by atoms with Gasteiger partial charge < -0.3 is 10.2 Å². The Hall–Kier alpha value is -2.12. The van der Waals surface area contributed by atoms with Crippen molar-refractivity contribution in [1.29, 1.82) is 0 Å². The Balaban J connectivity index is 1.28. The van der Waals surface area contributed by atoms with E-state index in [1.807, 2.05) is 0 Å². The molecule has 2 aliphatic rings. The standard InChI is InChI=1S/C27H35N3/c1-3-10-26(11-4-1)23-30-20-16-28-22-27(30)21-25-14-12-24(13-15-25)9-5-8-19-29-17-6-2-7-18-29/h1,3-4,10-15,27-28H,2,6-8,16-23H2. The van der Waals surface area contributed by atoms with Gasteiger partial charge in [0.05, 0.1) is 0 Å². The van der Waals surface area contributed by atoms with Crippen LogP contribution >= 0.6 is 0 Å². The van der Waals surface area contributed by atoms with Crippen LogP contribution in [-0.4, -0.2) is 55.1 Å². The third-order valence-electron chi connectivity index (χ3n) is 6.36. The molecule has 2 heterocycles. The highest BCUT2D eigenvalue weighted by atomic mass is 15.2. The Kier molecular flexibility index (Phi) is 7.97. The second kappa shape index (κ2) is 11.3. The monoisotopic (exact) mass is 401 g/mol. The Morgan fingerprint density at radius 3 is 2.47 bits per heavy atom. The minimum Gasteiger partial charge on any atom is -0.314 e. The fraction of sp³-hybridized carbons (Fsp3) is 0.481. The van der Waals surface area contributed by atoms with E-state index in [1.165, 1.54) is 43.5 Å². The molecule has 4 rings (SSSR count). The van der Waals surface area contributed by atoms with Gasteiger partial charge >= 0.3 is 0 Å². The topological polar surface area (TPSA) is 18.5 Å². The van der Waals surface area contributed by atoms with Crippen molar-refractivity contribution in [1.82, 2.24) is 15.1 Å². The van der Waals surface area contributed by atoms with Crippen molar-refractivity contribution in [2.45, 2.75) is 44.7 Å². The maximum Gasteiger partial charge on any atom is 0.0265 e. The number of hydrogen-bond acceptors (Lipinski definition) is 3. The molecule has 2 saturated heterocycles. The van der Waals surface area contributed by atoms with E-state index in [0.717, 1.165) is 51.1 Å². The zero-order valence-electron chi connectivity index (χ0n) is 18.2. The summed E-state index contributed by atoms with van der Waals surface area (Å²) in [6, 6.07) is 20.3. The summed E-state index contributed by atoms with van der Waals surface area (Å²) >= 11 is 0. The van der Waals surface area contributed by atoms with Crippen molar-refractivity contribution in [3.8, 4) is 11.8 Å². The fourth-order valence-electron chi connectivity index (χ4n) is 4.59. The lowest BCUT2D eigenvalue weighted by Crippen LogP contribution is -2.51. The van der Waals surface area contributed by atoms with E-state index in [1.54, 1.807) is 0 Å². The average molecular weight is 402 g/mol. The highest BCUT2D eigenvalue weighted by Gasteiger charge is 2.22. The molecule has 2 aliphatic heterocycles. The molecule has 1 N–H and O–H groups in total. The van der Waals surface area contributed by atoms with Gasteiger partial charge in [-0.1, -0.05) is 60.7 Å². The molecule has 30 heavy (non-hydrogen) atoms. The van der Waals surface area contributed by atoms with Crippen LogP contribution in [0.15, 0.2) is 54.6 Å². The van der Waals surface area contributed by atoms with E-state index in [2.05, 4.69) is 81.6 Å². The molecule has 0 bridgehead atoms. The Bertz CT molecular complexity index is 813. The van der Waals surface area contributed by atoms with Crippen LogP contribution in [0.4, 0.5) is 0 Å². The molecule has 0 spiro atoms. The van der Waals surface area contributed by atoms with Gasteiger partial charge in [-0.25, -0.2) is 0 Å². The van der Waals surface area contributed by atoms with Crippen LogP contribution in [0.3, 0.4) is 0 Å². The number of piperazine rings is 1. The van der Waals surface area contributed by atoms with Crippen molar-refractivity contribution in [2.75, 3.05) is 39.3 Å². The smallest absolute Gasteiger partial charge is 0.0265 e. The third kappa shape index (κ3) is 6.44. The quantitative estimate of drug-likeness (QED) is 0.740. The number of hydrogen-bond donors (Lipinski definition) is 1. The Morgan fingerprint density at radius 1 is 0.867 bits per heavy atom. The van der Waals surface area contributed by atoms with Gasteiger partial charge in [-0.3, -0.25) is 4.90 Å². The van der Waals surface area contributed by atoms with Gasteiger partial charge in [0.25, 0.3) is 0 Å². The van der Waals surface area contributed by atoms with E-state index < -0.39 is 0 Å². The summed E-state index contributed by atoms with van der Waals surface area (Å²) in [4.78, 5) is 5.18. The summed E-state index contributed by atoms with van der Waals surface area (Å²) in [6.07, 6.45) is 6.17. The molecule has 0 saturated carbocycles. The molecule has 2 aromatic carbocycles. The number of piperidine rings is 1. The molecular weight excluding hydrogens is 366 g/mol. The van der Waals surface area contributed by atoms with Gasteiger partial charge in [0.1, 0.15) is 0 Å². The maximum atomic E-state index is 3.58. The van der Waals surface area contributed by atoms with Gasteiger partial charge in [0, 0.05) is 50.7 Å². The SMILES string of the molecule is C(#Cc1ccc(CC2CNCCN2Cc2ccccc2)cc1)CCN1CCCCC1. The summed E-state index contributed by atoms with van der Waals surface area (Å²) in [5, 5.41) is 3.58. The molecule has 0 aromatic heterocycles. The van der Waals surface area contributed by atoms with E-state index in [9.17, 15) is 0 Å². The van der Waals surface area contributed by atoms with E-state index in [0.29, 0.717) is 6.04 Å². The van der Waals surface area contributed by atoms with Gasteiger partial charge in [-0.15, -0.1) is 0 Å². The molecule has 1 unspecified atom stereocenters. The number of nitrogens with one attached hydrogen (secondary N) is 1. The van der Waals surface area contributed by atoms with Gasteiger partial charge in [0.2, 0.25) is 0 Å². The largest absolute Gasteiger partial charge is 0.314 e. The summed E-state index contributed by atoms with van der Waals surface area (Å²) in [6.45, 7) is 7.92. The van der Waals surface area contributed by atoms with Crippen LogP contribution in [0.2, 0.25) is 0 Å². The number of benzene rings is 2. The lowest BCUT2D eigenvalue weighted by atomic mass is 10.0. The normalized spacial score (nSPS) is 20.5. The van der Waals surface area contributed by atoms with E-state index >= 15 is 0 Å². The highest BCUT2D eigenvalue weighted by molar-refractivity contribution is 5.36. The van der Waals surface area contributed by atoms with Crippen molar-refractivity contribution >= 4 is 0 Å². The molecule has 3 nitrogen and oxygen atoms in total. The van der Waals surface area contributed by atoms with E-state index in [4.69, 9.17) is 0 Å². The first-order chi connectivity index (χ1) is 14.9. The highest BCUT2D eigenvalue weighted by Crippen LogP contribution is 2.15. The number of nitrogens with zero attached hydrogens (tertiary/aromatic N) is 2. The van der Waals surface area contributed by atoms with Crippen LogP contribution in [0.25, 0.3) is 0 Å². The molecule has 0 aliphatic carbocycles. The molecular formula is C27H35N3. The third-order valence-corrected chi connectivity index (χ3v) is 6.36. The number of likely N-dealkylation sites (tertiary alicyclic amines) is 1. The van der Waals surface area contributed by atoms with Crippen molar-refractivity contribution in [3.05, 3.63) is 71.3 Å². The van der Waals surface area contributed by atoms with Crippen LogP contribution in [-0.2, 0) is 13.0 Å². The molecule has 0 radical (unpaired) electrons. The van der Waals surface area contributed by atoms with Crippen LogP contribution in [0.5, 0.6) is 0 Å². The van der Waals surface area contributed by atoms with Crippen molar-refractivity contribution in [3.63, 3.8) is 0 Å². The zero-order chi connectivity index (χ0) is 20.4. The van der Waals surface area contributed by atoms with Crippen molar-refractivity contribution < 1.29 is 0 Å². The predicted molar refractivity (Wildman–Crippen MR) is 125 cm³/mol. The molecule has 2 fully saturated rings. The van der Waals surface area contributed by atoms with Crippen LogP contribution < -0.4 is 5.32 Å². The van der Waals surface area contributed by atoms with E-state index in [-0.39, 0.29) is 0 Å². The Labute approximate surface area is 182 Å². The van der Waals surface area contributed by atoms with Crippen molar-refractivity contribution in [2.24, 2.45) is 0 Å². The van der Waals surface area contributed by atoms with Gasteiger partial charge in [-0.2, -0.15) is 0 Å². The summed E-state index contributed by atoms with van der Waals surface area (Å²) in [7, 11) is 0. The lowest BCUT2D eigenvalue weighted by Gasteiger charge is -2.36. The first kappa shape index (κ1) is 21.1. The zero-order valence-corrected chi connectivity index (χ0v) is 18.2. The van der Waals surface area contributed by atoms with Gasteiger partial charge in [0.15, 0.2) is 0 Å². The molecule has 2 aromatic rings. The minimum atomic E-state index is 0.542. The lowest BCUT2D eigenvalue weighted by molar-refractivity contribution is 0.152. The van der Waals surface area contributed by atoms with Crippen LogP contribution in [0, 0.1) is 11.8 Å². The molecule has 0 amide bonds. The molecule has 3 heteroatoms. The average Bonchev–Trinajstić information content (AvgIpc) is 2.80. The summed E-state index contributed by atoms with van der Waals surface area (Å²) < 4.78 is 0. The predicted octanol–water partition coefficient (Wildman–Crippen LogP) is 3.93.